The molecule has 2 amide bonds. The minimum absolute atomic E-state index is 0.0973. The predicted molar refractivity (Wildman–Crippen MR) is 128 cm³/mol. The molecule has 1 aliphatic rings. The first-order chi connectivity index (χ1) is 15.5. The van der Waals surface area contributed by atoms with Crippen LogP contribution in [0.5, 0.6) is 0 Å². The van der Waals surface area contributed by atoms with E-state index < -0.39 is 0 Å². The minimum atomic E-state index is -0.119. The average Bonchev–Trinajstić information content (AvgIpc) is 3.17. The zero-order chi connectivity index (χ0) is 22.9. The summed E-state index contributed by atoms with van der Waals surface area (Å²) >= 11 is 1.54. The summed E-state index contributed by atoms with van der Waals surface area (Å²) < 4.78 is 0. The number of hydrazine groups is 1. The molecule has 9 nitrogen and oxygen atoms in total. The third kappa shape index (κ3) is 6.84. The maximum atomic E-state index is 11.9. The van der Waals surface area contributed by atoms with E-state index in [2.05, 4.69) is 26.0 Å². The van der Waals surface area contributed by atoms with Gasteiger partial charge in [-0.2, -0.15) is 0 Å². The number of carbonyl (C=O) groups is 2. The van der Waals surface area contributed by atoms with E-state index in [9.17, 15) is 9.59 Å². The van der Waals surface area contributed by atoms with Gasteiger partial charge in [0.1, 0.15) is 6.34 Å². The van der Waals surface area contributed by atoms with E-state index in [4.69, 9.17) is 10.8 Å². The maximum Gasteiger partial charge on any atom is 0.223 e. The van der Waals surface area contributed by atoms with Crippen LogP contribution in [0, 0.1) is 5.92 Å². The number of thiazole rings is 1. The van der Waals surface area contributed by atoms with Crippen LogP contribution in [0.4, 0.5) is 10.8 Å². The van der Waals surface area contributed by atoms with Crippen LogP contribution in [0.1, 0.15) is 35.9 Å². The molecule has 10 heteroatoms. The summed E-state index contributed by atoms with van der Waals surface area (Å²) in [6.45, 7) is 4.04. The Bertz CT molecular complexity index is 934. The average molecular weight is 458 g/mol. The lowest BCUT2D eigenvalue weighted by molar-refractivity contribution is -0.126. The highest BCUT2D eigenvalue weighted by atomic mass is 32.1. The Hall–Kier alpha value is -2.82. The summed E-state index contributed by atoms with van der Waals surface area (Å²) in [6, 6.07) is 8.00. The number of aromatic nitrogens is 1. The molecule has 2 aromatic rings. The van der Waals surface area contributed by atoms with Gasteiger partial charge in [0.25, 0.3) is 0 Å². The largest absolute Gasteiger partial charge is 0.359 e. The van der Waals surface area contributed by atoms with Gasteiger partial charge >= 0.3 is 0 Å². The number of likely N-dealkylation sites (tertiary alicyclic amines) is 1. The SMILES string of the molecule is CNC(=O)C1CCN(Cc2sc(NC(C)=O)nc2CCc2ccc(N=CNN)cc2)CC1. The molecule has 2 heterocycles. The van der Waals surface area contributed by atoms with Crippen molar-refractivity contribution in [3.63, 3.8) is 0 Å². The van der Waals surface area contributed by atoms with E-state index in [1.165, 1.54) is 35.0 Å². The van der Waals surface area contributed by atoms with Crippen molar-refractivity contribution in [1.82, 2.24) is 20.6 Å². The molecule has 1 aliphatic heterocycles. The molecule has 0 radical (unpaired) electrons. The second kappa shape index (κ2) is 11.7. The first kappa shape index (κ1) is 23.8. The van der Waals surface area contributed by atoms with Gasteiger partial charge in [0, 0.05) is 31.3 Å². The number of hydrogen-bond donors (Lipinski definition) is 4. The van der Waals surface area contributed by atoms with Gasteiger partial charge in [0.2, 0.25) is 11.8 Å². The van der Waals surface area contributed by atoms with E-state index in [-0.39, 0.29) is 17.7 Å². The molecule has 0 bridgehead atoms. The fourth-order valence-electron chi connectivity index (χ4n) is 3.79. The quantitative estimate of drug-likeness (QED) is 0.197. The number of nitrogens with one attached hydrogen (secondary N) is 3. The minimum Gasteiger partial charge on any atom is -0.359 e. The smallest absolute Gasteiger partial charge is 0.223 e. The molecule has 0 unspecified atom stereocenters. The Morgan fingerprint density at radius 2 is 1.97 bits per heavy atom. The number of benzene rings is 1. The van der Waals surface area contributed by atoms with E-state index in [1.807, 2.05) is 24.3 Å². The van der Waals surface area contributed by atoms with Crippen molar-refractivity contribution in [1.29, 1.82) is 0 Å². The Morgan fingerprint density at radius 1 is 1.25 bits per heavy atom. The monoisotopic (exact) mass is 457 g/mol. The maximum absolute atomic E-state index is 11.9. The van der Waals surface area contributed by atoms with Gasteiger partial charge < -0.3 is 16.1 Å². The highest BCUT2D eigenvalue weighted by Crippen LogP contribution is 2.28. The van der Waals surface area contributed by atoms with Gasteiger partial charge in [-0.1, -0.05) is 12.1 Å². The Morgan fingerprint density at radius 3 is 2.59 bits per heavy atom. The molecule has 32 heavy (non-hydrogen) atoms. The van der Waals surface area contributed by atoms with Crippen LogP contribution in [-0.2, 0) is 29.0 Å². The van der Waals surface area contributed by atoms with Gasteiger partial charge in [0.05, 0.1) is 11.4 Å². The van der Waals surface area contributed by atoms with E-state index in [1.54, 1.807) is 7.05 Å². The molecule has 1 aromatic carbocycles. The van der Waals surface area contributed by atoms with Crippen LogP contribution in [0.15, 0.2) is 29.3 Å². The van der Waals surface area contributed by atoms with Gasteiger partial charge in [0.15, 0.2) is 5.13 Å². The molecule has 0 aliphatic carbocycles. The van der Waals surface area contributed by atoms with E-state index in [0.717, 1.165) is 56.7 Å². The fourth-order valence-corrected chi connectivity index (χ4v) is 4.89. The van der Waals surface area contributed by atoms with Crippen LogP contribution in [-0.4, -0.2) is 48.2 Å². The molecule has 5 N–H and O–H groups in total. The van der Waals surface area contributed by atoms with Crippen molar-refractivity contribution in [3.05, 3.63) is 40.4 Å². The zero-order valence-corrected chi connectivity index (χ0v) is 19.4. The summed E-state index contributed by atoms with van der Waals surface area (Å²) in [7, 11) is 1.69. The number of nitrogens with two attached hydrogens (primary N) is 1. The topological polar surface area (TPSA) is 125 Å². The molecule has 1 fully saturated rings. The van der Waals surface area contributed by atoms with Crippen molar-refractivity contribution >= 4 is 40.3 Å². The van der Waals surface area contributed by atoms with Crippen LogP contribution in [0.2, 0.25) is 0 Å². The lowest BCUT2D eigenvalue weighted by Crippen LogP contribution is -2.39. The van der Waals surface area contributed by atoms with Crippen molar-refractivity contribution in [2.75, 3.05) is 25.5 Å². The van der Waals surface area contributed by atoms with Crippen molar-refractivity contribution in [3.8, 4) is 0 Å². The number of aryl methyl sites for hydroxylation is 2. The van der Waals surface area contributed by atoms with Gasteiger partial charge in [-0.05, 0) is 56.5 Å². The van der Waals surface area contributed by atoms with Gasteiger partial charge in [-0.15, -0.1) is 11.3 Å². The van der Waals surface area contributed by atoms with Crippen LogP contribution >= 0.6 is 11.3 Å². The molecular weight excluding hydrogens is 426 g/mol. The highest BCUT2D eigenvalue weighted by molar-refractivity contribution is 7.15. The molecule has 172 valence electrons. The lowest BCUT2D eigenvalue weighted by atomic mass is 9.96. The van der Waals surface area contributed by atoms with Crippen LogP contribution < -0.4 is 21.9 Å². The Balaban J connectivity index is 1.64. The van der Waals surface area contributed by atoms with Gasteiger partial charge in [-0.25, -0.2) is 15.8 Å². The van der Waals surface area contributed by atoms with E-state index in [0.29, 0.717) is 5.13 Å². The summed E-state index contributed by atoms with van der Waals surface area (Å²) in [5.74, 6) is 5.32. The molecule has 0 spiro atoms. The lowest BCUT2D eigenvalue weighted by Gasteiger charge is -2.30. The van der Waals surface area contributed by atoms with Crippen LogP contribution in [0.25, 0.3) is 0 Å². The Kier molecular flexibility index (Phi) is 8.72. The van der Waals surface area contributed by atoms with Crippen molar-refractivity contribution in [2.45, 2.75) is 39.2 Å². The number of amides is 2. The standard InChI is InChI=1S/C22H31N7O2S/c1-15(30)27-22-28-19(8-5-16-3-6-18(7-4-16)25-14-26-23)20(32-22)13-29-11-9-17(10-12-29)21(31)24-2/h3-4,6-7,14,17H,5,8-13,23H2,1-2H3,(H,24,31)(H,25,26)(H,27,28,30). The fraction of sp³-hybridized carbons (Fsp3) is 0.455. The molecule has 1 saturated heterocycles. The number of rotatable bonds is 9. The first-order valence-electron chi connectivity index (χ1n) is 10.8. The highest BCUT2D eigenvalue weighted by Gasteiger charge is 2.25. The number of aliphatic imine (C=N–C) groups is 1. The summed E-state index contributed by atoms with van der Waals surface area (Å²) in [5.41, 5.74) is 5.43. The predicted octanol–water partition coefficient (Wildman–Crippen LogP) is 1.97. The number of nitrogens with zero attached hydrogens (tertiary/aromatic N) is 3. The molecule has 0 atom stereocenters. The molecule has 3 rings (SSSR count). The van der Waals surface area contributed by atoms with E-state index >= 15 is 0 Å². The van der Waals surface area contributed by atoms with Crippen LogP contribution in [0.3, 0.4) is 0 Å². The third-order valence-corrected chi connectivity index (χ3v) is 6.51. The van der Waals surface area contributed by atoms with Gasteiger partial charge in [-0.3, -0.25) is 14.5 Å². The number of carbonyl (C=O) groups excluding carboxylic acids is 2. The second-order valence-corrected chi connectivity index (χ2v) is 8.91. The number of piperidine rings is 1. The third-order valence-electron chi connectivity index (χ3n) is 5.51. The van der Waals surface area contributed by atoms with Crippen molar-refractivity contribution < 1.29 is 9.59 Å². The summed E-state index contributed by atoms with van der Waals surface area (Å²) in [4.78, 5) is 35.8. The number of anilines is 1. The normalized spacial score (nSPS) is 15.1. The van der Waals surface area contributed by atoms with Crippen molar-refractivity contribution in [2.24, 2.45) is 16.8 Å². The second-order valence-electron chi connectivity index (χ2n) is 7.83. The molecule has 1 aromatic heterocycles. The molecule has 0 saturated carbocycles. The number of hydrogen-bond acceptors (Lipinski definition) is 7. The molecular formula is C22H31N7O2S. The zero-order valence-electron chi connectivity index (χ0n) is 18.6. The Labute approximate surface area is 192 Å². The summed E-state index contributed by atoms with van der Waals surface area (Å²) in [6.07, 6.45) is 4.79. The summed E-state index contributed by atoms with van der Waals surface area (Å²) in [5, 5.41) is 6.22. The first-order valence-corrected chi connectivity index (χ1v) is 11.6.